The molecule has 0 aliphatic rings. The average Bonchev–Trinajstić information content (AvgIpc) is 2.91. The molecule has 0 amide bonds. The fourth-order valence-corrected chi connectivity index (χ4v) is 6.40. The van der Waals surface area contributed by atoms with Crippen LogP contribution in [0.25, 0.3) is 20.6 Å². The van der Waals surface area contributed by atoms with E-state index < -0.39 is 8.32 Å². The standard InChI is InChI=1S/C18H19OPSSi/c1-22(2,3)19-17-16(14-10-6-4-7-11-14)21-18(20-17)15-12-8-5-9-13-15/h4-13H,1-3H3. The number of benzene rings is 2. The smallest absolute Gasteiger partial charge is 0.242 e. The molecule has 0 saturated heterocycles. The Morgan fingerprint density at radius 1 is 0.818 bits per heavy atom. The first-order valence-corrected chi connectivity index (χ1v) is 12.5. The van der Waals surface area contributed by atoms with E-state index in [-0.39, 0.29) is 0 Å². The van der Waals surface area contributed by atoms with Gasteiger partial charge < -0.3 is 4.43 Å². The van der Waals surface area contributed by atoms with E-state index in [1.807, 2.05) is 11.3 Å². The van der Waals surface area contributed by atoms with Crippen molar-refractivity contribution in [3.63, 3.8) is 0 Å². The SMILES string of the molecule is C[Si](C)(C)Oc1pc(-c2ccccc2)sc1-c1ccccc1. The maximum atomic E-state index is 6.38. The fraction of sp³-hybridized carbons (Fsp3) is 0.167. The molecule has 2 aromatic carbocycles. The zero-order valence-electron chi connectivity index (χ0n) is 13.0. The molecule has 0 fully saturated rings. The Labute approximate surface area is 138 Å². The summed E-state index contributed by atoms with van der Waals surface area (Å²) in [6.07, 6.45) is 0. The van der Waals surface area contributed by atoms with Crippen molar-refractivity contribution >= 4 is 27.8 Å². The van der Waals surface area contributed by atoms with Crippen LogP contribution in [0.1, 0.15) is 0 Å². The summed E-state index contributed by atoms with van der Waals surface area (Å²) in [5, 5.41) is 0. The summed E-state index contributed by atoms with van der Waals surface area (Å²) in [6.45, 7) is 6.72. The second-order valence-corrected chi connectivity index (χ2v) is 12.9. The number of hydrogen-bond donors (Lipinski definition) is 0. The van der Waals surface area contributed by atoms with Crippen LogP contribution in [0, 0.1) is 0 Å². The molecule has 0 spiro atoms. The van der Waals surface area contributed by atoms with Crippen LogP contribution in [0.3, 0.4) is 0 Å². The normalized spacial score (nSPS) is 11.8. The van der Waals surface area contributed by atoms with Crippen molar-refractivity contribution in [2.75, 3.05) is 0 Å². The van der Waals surface area contributed by atoms with Crippen molar-refractivity contribution in [1.29, 1.82) is 0 Å². The second kappa shape index (κ2) is 6.37. The van der Waals surface area contributed by atoms with Crippen LogP contribution >= 0.6 is 19.5 Å². The van der Waals surface area contributed by atoms with E-state index in [1.165, 1.54) is 28.8 Å². The van der Waals surface area contributed by atoms with E-state index in [4.69, 9.17) is 4.43 Å². The molecule has 0 N–H and O–H groups in total. The third-order valence-electron chi connectivity index (χ3n) is 3.06. The lowest BCUT2D eigenvalue weighted by atomic mass is 10.2. The Balaban J connectivity index is 2.09. The molecule has 1 nitrogen and oxygen atoms in total. The summed E-state index contributed by atoms with van der Waals surface area (Å²) in [7, 11) is -0.427. The van der Waals surface area contributed by atoms with Crippen LogP contribution in [-0.2, 0) is 0 Å². The van der Waals surface area contributed by atoms with Gasteiger partial charge in [0.05, 0.1) is 9.49 Å². The summed E-state index contributed by atoms with van der Waals surface area (Å²) in [5.41, 5.74) is 3.66. The third-order valence-corrected chi connectivity index (χ3v) is 6.78. The van der Waals surface area contributed by atoms with Gasteiger partial charge >= 0.3 is 0 Å². The minimum Gasteiger partial charge on any atom is -0.540 e. The summed E-state index contributed by atoms with van der Waals surface area (Å²) in [4.78, 5) is 1.27. The van der Waals surface area contributed by atoms with E-state index in [2.05, 4.69) is 80.3 Å². The Morgan fingerprint density at radius 2 is 1.36 bits per heavy atom. The molecular weight excluding hydrogens is 323 g/mol. The lowest BCUT2D eigenvalue weighted by Gasteiger charge is -2.18. The average molecular weight is 342 g/mol. The van der Waals surface area contributed by atoms with Crippen LogP contribution in [0.2, 0.25) is 19.6 Å². The molecule has 1 heterocycles. The minimum absolute atomic E-state index is 1.12. The highest BCUT2D eigenvalue weighted by atomic mass is 32.1. The molecule has 1 aromatic heterocycles. The van der Waals surface area contributed by atoms with Crippen LogP contribution < -0.4 is 4.43 Å². The van der Waals surface area contributed by atoms with E-state index in [9.17, 15) is 0 Å². The lowest BCUT2D eigenvalue weighted by molar-refractivity contribution is 0.577. The quantitative estimate of drug-likeness (QED) is 0.470. The zero-order valence-corrected chi connectivity index (χ0v) is 15.7. The molecule has 0 atom stereocenters. The molecule has 3 aromatic rings. The van der Waals surface area contributed by atoms with Crippen LogP contribution in [0.15, 0.2) is 60.7 Å². The molecule has 0 unspecified atom stereocenters. The lowest BCUT2D eigenvalue weighted by Crippen LogP contribution is -2.28. The summed E-state index contributed by atoms with van der Waals surface area (Å²) in [6, 6.07) is 21.2. The van der Waals surface area contributed by atoms with Gasteiger partial charge in [-0.05, 0) is 39.0 Å². The van der Waals surface area contributed by atoms with Gasteiger partial charge in [0.1, 0.15) is 5.48 Å². The zero-order chi connectivity index (χ0) is 15.6. The Morgan fingerprint density at radius 3 is 1.91 bits per heavy atom. The fourth-order valence-electron chi connectivity index (χ4n) is 2.14. The molecule has 0 saturated carbocycles. The van der Waals surface area contributed by atoms with Crippen molar-refractivity contribution in [1.82, 2.24) is 0 Å². The summed E-state index contributed by atoms with van der Waals surface area (Å²) in [5.74, 6) is 0. The van der Waals surface area contributed by atoms with E-state index in [1.54, 1.807) is 0 Å². The molecule has 0 aliphatic carbocycles. The maximum Gasteiger partial charge on any atom is 0.242 e. The predicted octanol–water partition coefficient (Wildman–Crippen LogP) is 6.88. The third kappa shape index (κ3) is 3.67. The Bertz CT molecular complexity index is 748. The second-order valence-electron chi connectivity index (χ2n) is 6.10. The number of rotatable bonds is 4. The van der Waals surface area contributed by atoms with E-state index in [0.29, 0.717) is 0 Å². The minimum atomic E-state index is -1.62. The monoisotopic (exact) mass is 342 g/mol. The van der Waals surface area contributed by atoms with Crippen LogP contribution in [0.4, 0.5) is 0 Å². The molecule has 112 valence electrons. The van der Waals surface area contributed by atoms with Crippen molar-refractivity contribution < 1.29 is 4.43 Å². The van der Waals surface area contributed by atoms with Crippen LogP contribution in [-0.4, -0.2) is 8.32 Å². The van der Waals surface area contributed by atoms with Crippen molar-refractivity contribution in [2.24, 2.45) is 0 Å². The molecule has 3 rings (SSSR count). The van der Waals surface area contributed by atoms with Gasteiger partial charge in [-0.25, -0.2) is 0 Å². The van der Waals surface area contributed by atoms with Gasteiger partial charge in [0.15, 0.2) is 0 Å². The van der Waals surface area contributed by atoms with Gasteiger partial charge in [-0.1, -0.05) is 60.7 Å². The molecular formula is C18H19OPSSi. The molecule has 0 radical (unpaired) electrons. The van der Waals surface area contributed by atoms with Gasteiger partial charge in [-0.15, -0.1) is 11.3 Å². The van der Waals surface area contributed by atoms with Gasteiger partial charge in [0.25, 0.3) is 0 Å². The maximum absolute atomic E-state index is 6.38. The highest BCUT2D eigenvalue weighted by molar-refractivity contribution is 7.50. The Hall–Kier alpha value is -1.41. The summed E-state index contributed by atoms with van der Waals surface area (Å²) >= 11 is 1.85. The van der Waals surface area contributed by atoms with E-state index >= 15 is 0 Å². The van der Waals surface area contributed by atoms with Gasteiger partial charge in [0, 0.05) is 0 Å². The van der Waals surface area contributed by atoms with Gasteiger partial charge in [-0.2, -0.15) is 0 Å². The first-order chi connectivity index (χ1) is 10.5. The van der Waals surface area contributed by atoms with Crippen molar-refractivity contribution in [3.05, 3.63) is 60.7 Å². The molecule has 22 heavy (non-hydrogen) atoms. The predicted molar refractivity (Wildman–Crippen MR) is 102 cm³/mol. The largest absolute Gasteiger partial charge is 0.540 e. The van der Waals surface area contributed by atoms with E-state index in [0.717, 1.165) is 5.48 Å². The first kappa shape index (κ1) is 15.5. The molecule has 0 aliphatic heterocycles. The topological polar surface area (TPSA) is 9.23 Å². The molecule has 4 heteroatoms. The first-order valence-electron chi connectivity index (χ1n) is 7.34. The highest BCUT2D eigenvalue weighted by Gasteiger charge is 2.22. The van der Waals surface area contributed by atoms with Crippen LogP contribution in [0.5, 0.6) is 5.48 Å². The van der Waals surface area contributed by atoms with Gasteiger partial charge in [-0.3, -0.25) is 0 Å². The summed E-state index contributed by atoms with van der Waals surface area (Å²) < 4.78 is 7.74. The van der Waals surface area contributed by atoms with Crippen molar-refractivity contribution in [2.45, 2.75) is 19.6 Å². The highest BCUT2D eigenvalue weighted by Crippen LogP contribution is 2.51. The number of hydrogen-bond acceptors (Lipinski definition) is 2. The Kier molecular flexibility index (Phi) is 4.48. The van der Waals surface area contributed by atoms with Crippen molar-refractivity contribution in [3.8, 4) is 26.1 Å². The van der Waals surface area contributed by atoms with Gasteiger partial charge in [0.2, 0.25) is 8.32 Å². The molecule has 0 bridgehead atoms.